The minimum Gasteiger partial charge on any atom is -0.497 e. The highest BCUT2D eigenvalue weighted by atomic mass is 32.2. The number of amides is 1. The fourth-order valence-electron chi connectivity index (χ4n) is 4.68. The van der Waals surface area contributed by atoms with Gasteiger partial charge in [0.15, 0.2) is 22.2 Å². The molecule has 1 aromatic carbocycles. The predicted octanol–water partition coefficient (Wildman–Crippen LogP) is 4.31. The van der Waals surface area contributed by atoms with Crippen LogP contribution in [0.2, 0.25) is 0 Å². The van der Waals surface area contributed by atoms with Crippen LogP contribution in [0.1, 0.15) is 28.7 Å². The number of anilines is 1. The molecule has 0 radical (unpaired) electrons. The molecule has 3 aromatic heterocycles. The number of pyridine rings is 2. The molecule has 228 valence electrons. The Kier molecular flexibility index (Phi) is 7.86. The zero-order valence-corrected chi connectivity index (χ0v) is 24.2. The van der Waals surface area contributed by atoms with E-state index in [1.807, 2.05) is 12.1 Å². The van der Waals surface area contributed by atoms with Gasteiger partial charge in [-0.05, 0) is 43.7 Å². The molecule has 1 amide bonds. The van der Waals surface area contributed by atoms with E-state index in [9.17, 15) is 26.4 Å². The third kappa shape index (κ3) is 7.10. The highest BCUT2D eigenvalue weighted by molar-refractivity contribution is 7.93. The molecule has 1 fully saturated rings. The van der Waals surface area contributed by atoms with Gasteiger partial charge in [0.2, 0.25) is 0 Å². The van der Waals surface area contributed by atoms with Gasteiger partial charge in [-0.2, -0.15) is 13.2 Å². The quantitative estimate of drug-likeness (QED) is 0.267. The van der Waals surface area contributed by atoms with Gasteiger partial charge < -0.3 is 24.8 Å². The lowest BCUT2D eigenvalue weighted by Gasteiger charge is -2.38. The van der Waals surface area contributed by atoms with Crippen LogP contribution in [-0.4, -0.2) is 65.6 Å². The Morgan fingerprint density at radius 3 is 2.47 bits per heavy atom. The van der Waals surface area contributed by atoms with Crippen LogP contribution >= 0.6 is 0 Å². The summed E-state index contributed by atoms with van der Waals surface area (Å²) in [6.07, 6.45) is -1.67. The monoisotopic (exact) mass is 619 g/mol. The SMILES string of the molecule is COc1ccc(CNc2cnc(Oc3ccc4nc(C(=O)NC5(C)CS(=O)(=O)C5)c(C)n4c3)c(OCC(F)(F)F)c2)cc1. The van der Waals surface area contributed by atoms with Crippen LogP contribution in [0.25, 0.3) is 5.65 Å². The van der Waals surface area contributed by atoms with Gasteiger partial charge in [-0.3, -0.25) is 9.20 Å². The van der Waals surface area contributed by atoms with E-state index in [2.05, 4.69) is 20.6 Å². The Bertz CT molecular complexity index is 1760. The summed E-state index contributed by atoms with van der Waals surface area (Å²) >= 11 is 0. The van der Waals surface area contributed by atoms with Gasteiger partial charge in [-0.25, -0.2) is 18.4 Å². The van der Waals surface area contributed by atoms with Crippen LogP contribution < -0.4 is 24.8 Å². The summed E-state index contributed by atoms with van der Waals surface area (Å²) in [6, 6.07) is 11.7. The Morgan fingerprint density at radius 2 is 1.81 bits per heavy atom. The van der Waals surface area contributed by atoms with Crippen LogP contribution in [0.3, 0.4) is 0 Å². The number of nitrogens with one attached hydrogen (secondary N) is 2. The third-order valence-electron chi connectivity index (χ3n) is 6.62. The van der Waals surface area contributed by atoms with Crippen molar-refractivity contribution in [3.05, 3.63) is 71.8 Å². The van der Waals surface area contributed by atoms with Crippen LogP contribution in [0.15, 0.2) is 54.9 Å². The second kappa shape index (κ2) is 11.3. The smallest absolute Gasteiger partial charge is 0.422 e. The molecule has 43 heavy (non-hydrogen) atoms. The molecule has 4 heterocycles. The molecule has 0 bridgehead atoms. The minimum atomic E-state index is -4.59. The molecule has 0 aliphatic carbocycles. The molecule has 1 aliphatic heterocycles. The summed E-state index contributed by atoms with van der Waals surface area (Å²) in [4.78, 5) is 21.4. The highest BCUT2D eigenvalue weighted by Crippen LogP contribution is 2.34. The van der Waals surface area contributed by atoms with Crippen molar-refractivity contribution in [2.24, 2.45) is 0 Å². The molecule has 0 atom stereocenters. The normalized spacial score (nSPS) is 15.4. The summed E-state index contributed by atoms with van der Waals surface area (Å²) in [6.45, 7) is 2.11. The van der Waals surface area contributed by atoms with Crippen LogP contribution in [0.4, 0.5) is 18.9 Å². The molecule has 0 saturated carbocycles. The number of nitrogens with zero attached hydrogens (tertiary/aromatic N) is 3. The molecule has 4 aromatic rings. The Morgan fingerprint density at radius 1 is 1.12 bits per heavy atom. The Balaban J connectivity index is 1.35. The number of alkyl halides is 3. The zero-order chi connectivity index (χ0) is 31.0. The minimum absolute atomic E-state index is 0.0993. The van der Waals surface area contributed by atoms with Crippen molar-refractivity contribution in [1.82, 2.24) is 19.7 Å². The van der Waals surface area contributed by atoms with Gasteiger partial charge in [0.05, 0.1) is 47.9 Å². The number of carbonyl (C=O) groups is 1. The first-order valence-electron chi connectivity index (χ1n) is 13.0. The molecule has 15 heteroatoms. The molecule has 0 spiro atoms. The van der Waals surface area contributed by atoms with Gasteiger partial charge in [0.25, 0.3) is 11.8 Å². The molecule has 11 nitrogen and oxygen atoms in total. The van der Waals surface area contributed by atoms with Crippen LogP contribution in [0.5, 0.6) is 23.1 Å². The van der Waals surface area contributed by atoms with E-state index < -0.39 is 34.1 Å². The maximum Gasteiger partial charge on any atom is 0.422 e. The molecule has 0 unspecified atom stereocenters. The number of methoxy groups -OCH3 is 1. The number of aromatic nitrogens is 3. The van der Waals surface area contributed by atoms with E-state index >= 15 is 0 Å². The number of imidazole rings is 1. The number of fused-ring (bicyclic) bond motifs is 1. The maximum atomic E-state index is 13.0. The molecule has 1 aliphatic rings. The largest absolute Gasteiger partial charge is 0.497 e. The number of benzene rings is 1. The third-order valence-corrected chi connectivity index (χ3v) is 8.77. The van der Waals surface area contributed by atoms with E-state index in [0.29, 0.717) is 29.3 Å². The average Bonchev–Trinajstić information content (AvgIpc) is 3.26. The van der Waals surface area contributed by atoms with Gasteiger partial charge in [0.1, 0.15) is 22.8 Å². The number of hydrogen-bond donors (Lipinski definition) is 2. The fourth-order valence-corrected chi connectivity index (χ4v) is 6.68. The first kappa shape index (κ1) is 29.9. The summed E-state index contributed by atoms with van der Waals surface area (Å²) in [5, 5.41) is 5.83. The first-order valence-corrected chi connectivity index (χ1v) is 14.8. The second-order valence-electron chi connectivity index (χ2n) is 10.4. The summed E-state index contributed by atoms with van der Waals surface area (Å²) in [5.41, 5.74) is 1.39. The van der Waals surface area contributed by atoms with Crippen molar-refractivity contribution < 1.29 is 40.6 Å². The van der Waals surface area contributed by atoms with Crippen molar-refractivity contribution in [1.29, 1.82) is 0 Å². The second-order valence-corrected chi connectivity index (χ2v) is 12.5. The van der Waals surface area contributed by atoms with E-state index in [0.717, 1.165) is 5.56 Å². The average molecular weight is 620 g/mol. The summed E-state index contributed by atoms with van der Waals surface area (Å²) in [5.74, 6) is -0.380. The van der Waals surface area contributed by atoms with Crippen molar-refractivity contribution in [2.45, 2.75) is 32.1 Å². The predicted molar refractivity (Wildman–Crippen MR) is 151 cm³/mol. The van der Waals surface area contributed by atoms with Crippen molar-refractivity contribution in [3.8, 4) is 23.1 Å². The van der Waals surface area contributed by atoms with Gasteiger partial charge in [-0.1, -0.05) is 12.1 Å². The molecular weight excluding hydrogens is 591 g/mol. The van der Waals surface area contributed by atoms with Gasteiger partial charge in [0, 0.05) is 12.6 Å². The van der Waals surface area contributed by atoms with Gasteiger partial charge in [-0.15, -0.1) is 0 Å². The van der Waals surface area contributed by atoms with Crippen molar-refractivity contribution in [3.63, 3.8) is 0 Å². The number of carbonyl (C=O) groups excluding carboxylic acids is 1. The lowest BCUT2D eigenvalue weighted by molar-refractivity contribution is -0.153. The van der Waals surface area contributed by atoms with Crippen molar-refractivity contribution in [2.75, 3.05) is 30.5 Å². The van der Waals surface area contributed by atoms with Crippen molar-refractivity contribution >= 4 is 27.1 Å². The molecule has 1 saturated heterocycles. The number of ether oxygens (including phenoxy) is 3. The summed E-state index contributed by atoms with van der Waals surface area (Å²) < 4.78 is 79.8. The lowest BCUT2D eigenvalue weighted by atomic mass is 10.1. The maximum absolute atomic E-state index is 13.0. The first-order chi connectivity index (χ1) is 20.2. The van der Waals surface area contributed by atoms with E-state index in [1.54, 1.807) is 43.6 Å². The number of rotatable bonds is 10. The Labute approximate surface area is 244 Å². The lowest BCUT2D eigenvalue weighted by Crippen LogP contribution is -2.63. The zero-order valence-electron chi connectivity index (χ0n) is 23.4. The molecule has 2 N–H and O–H groups in total. The Hall–Kier alpha value is -4.53. The summed E-state index contributed by atoms with van der Waals surface area (Å²) in [7, 11) is -1.61. The van der Waals surface area contributed by atoms with Crippen LogP contribution in [-0.2, 0) is 16.4 Å². The van der Waals surface area contributed by atoms with E-state index in [-0.39, 0.29) is 34.6 Å². The number of sulfone groups is 1. The van der Waals surface area contributed by atoms with E-state index in [4.69, 9.17) is 14.2 Å². The topological polar surface area (TPSA) is 133 Å². The standard InChI is InChI=1S/C28H28F3N5O6S/c1-17-24(25(37)35-27(2)15-43(38,39)16-27)34-23-9-8-21(13-36(17)23)42-26-22(41-14-28(29,30)31)10-19(12-33-26)32-11-18-4-6-20(40-3)7-5-18/h4-10,12-13,32H,11,14-16H2,1-3H3,(H,35,37). The number of aryl methyl sites for hydroxylation is 1. The van der Waals surface area contributed by atoms with Crippen LogP contribution in [0, 0.1) is 6.92 Å². The number of halogens is 3. The number of hydrogen-bond acceptors (Lipinski definition) is 9. The van der Waals surface area contributed by atoms with E-state index in [1.165, 1.54) is 24.5 Å². The molecular formula is C28H28F3N5O6S. The van der Waals surface area contributed by atoms with Gasteiger partial charge >= 0.3 is 6.18 Å². The molecule has 5 rings (SSSR count). The highest BCUT2D eigenvalue weighted by Gasteiger charge is 2.46. The fraction of sp³-hybridized carbons (Fsp3) is 0.321.